The molecule has 0 heterocycles. The van der Waals surface area contributed by atoms with E-state index in [1.54, 1.807) is 0 Å². The summed E-state index contributed by atoms with van der Waals surface area (Å²) in [6.45, 7) is 8.17. The number of nitrogens with zero attached hydrogens (tertiary/aromatic N) is 1. The summed E-state index contributed by atoms with van der Waals surface area (Å²) < 4.78 is 13.1. The van der Waals surface area contributed by atoms with Gasteiger partial charge in [-0.3, -0.25) is 9.69 Å². The molecule has 0 aliphatic carbocycles. The first-order chi connectivity index (χ1) is 14.9. The summed E-state index contributed by atoms with van der Waals surface area (Å²) in [4.78, 5) is 14.5. The summed E-state index contributed by atoms with van der Waals surface area (Å²) in [5, 5.41) is 3.07. The minimum atomic E-state index is -0.189. The van der Waals surface area contributed by atoms with Crippen molar-refractivity contribution in [3.05, 3.63) is 71.5 Å². The van der Waals surface area contributed by atoms with Gasteiger partial charge >= 0.3 is 0 Å². The highest BCUT2D eigenvalue weighted by Gasteiger charge is 2.18. The van der Waals surface area contributed by atoms with Crippen molar-refractivity contribution in [2.45, 2.75) is 71.4 Å². The van der Waals surface area contributed by atoms with Gasteiger partial charge in [-0.15, -0.1) is 0 Å². The summed E-state index contributed by atoms with van der Waals surface area (Å²) in [5.41, 5.74) is 2.39. The molecule has 2 aromatic carbocycles. The molecule has 4 heteroatoms. The molecule has 0 aromatic heterocycles. The zero-order valence-corrected chi connectivity index (χ0v) is 19.6. The van der Waals surface area contributed by atoms with Crippen molar-refractivity contribution < 1.29 is 9.18 Å². The summed E-state index contributed by atoms with van der Waals surface area (Å²) in [6.07, 6.45) is 4.82. The van der Waals surface area contributed by atoms with Crippen molar-refractivity contribution in [3.8, 4) is 0 Å². The second kappa shape index (κ2) is 13.3. The number of halogens is 1. The molecule has 2 unspecified atom stereocenters. The van der Waals surface area contributed by atoms with Crippen LogP contribution in [0, 0.1) is 11.7 Å². The van der Waals surface area contributed by atoms with Crippen molar-refractivity contribution in [3.63, 3.8) is 0 Å². The Labute approximate surface area is 188 Å². The summed E-state index contributed by atoms with van der Waals surface area (Å²) >= 11 is 0. The fourth-order valence-corrected chi connectivity index (χ4v) is 4.13. The largest absolute Gasteiger partial charge is 0.356 e. The van der Waals surface area contributed by atoms with Gasteiger partial charge in [0.15, 0.2) is 0 Å². The molecule has 1 N–H and O–H groups in total. The van der Waals surface area contributed by atoms with E-state index in [-0.39, 0.29) is 11.7 Å². The smallest absolute Gasteiger partial charge is 0.220 e. The van der Waals surface area contributed by atoms with Crippen molar-refractivity contribution >= 4 is 5.91 Å². The van der Waals surface area contributed by atoms with Gasteiger partial charge in [0.05, 0.1) is 0 Å². The van der Waals surface area contributed by atoms with Crippen molar-refractivity contribution in [2.24, 2.45) is 5.92 Å². The first kappa shape index (κ1) is 25.1. The predicted octanol–water partition coefficient (Wildman–Crippen LogP) is 6.15. The number of amides is 1. The minimum Gasteiger partial charge on any atom is -0.356 e. The van der Waals surface area contributed by atoms with Crippen LogP contribution in [0.15, 0.2) is 54.6 Å². The number of nitrogens with one attached hydrogen (secondary N) is 1. The van der Waals surface area contributed by atoms with Crippen LogP contribution in [0.4, 0.5) is 4.39 Å². The maximum atomic E-state index is 13.1. The van der Waals surface area contributed by atoms with Crippen LogP contribution in [-0.4, -0.2) is 30.4 Å². The Hall–Kier alpha value is -2.20. The van der Waals surface area contributed by atoms with E-state index in [0.717, 1.165) is 37.8 Å². The first-order valence-electron chi connectivity index (χ1n) is 11.6. The molecule has 2 rings (SSSR count). The number of rotatable bonds is 13. The van der Waals surface area contributed by atoms with Crippen molar-refractivity contribution in [1.82, 2.24) is 10.2 Å². The van der Waals surface area contributed by atoms with E-state index >= 15 is 0 Å². The molecule has 2 atom stereocenters. The normalized spacial score (nSPS) is 13.4. The van der Waals surface area contributed by atoms with Gasteiger partial charge in [0.1, 0.15) is 5.82 Å². The fraction of sp³-hybridized carbons (Fsp3) is 0.519. The molecule has 0 saturated heterocycles. The minimum absolute atomic E-state index is 0.150. The molecule has 0 spiro atoms. The molecular weight excluding hydrogens is 387 g/mol. The van der Waals surface area contributed by atoms with Crippen molar-refractivity contribution in [2.75, 3.05) is 13.6 Å². The molecule has 2 aromatic rings. The standard InChI is InChI=1S/C27H39FN2O/c1-21(2)26(30(4)20-23-15-17-25(28)18-16-23)13-9-6-10-14-27(31)29-19-22(3)24-11-7-5-8-12-24/h5,7-8,11-12,15-18,21-22,26H,6,9-10,13-14,19-20H2,1-4H3,(H,29,31). The van der Waals surface area contributed by atoms with E-state index in [4.69, 9.17) is 0 Å². The molecule has 0 bridgehead atoms. The Morgan fingerprint density at radius 1 is 0.968 bits per heavy atom. The third kappa shape index (κ3) is 9.22. The van der Waals surface area contributed by atoms with E-state index in [2.05, 4.69) is 50.2 Å². The van der Waals surface area contributed by atoms with Crippen LogP contribution in [0.3, 0.4) is 0 Å². The van der Waals surface area contributed by atoms with Crippen LogP contribution < -0.4 is 5.32 Å². The predicted molar refractivity (Wildman–Crippen MR) is 127 cm³/mol. The highest BCUT2D eigenvalue weighted by atomic mass is 19.1. The van der Waals surface area contributed by atoms with Gasteiger partial charge in [-0.25, -0.2) is 4.39 Å². The van der Waals surface area contributed by atoms with Crippen LogP contribution in [0.2, 0.25) is 0 Å². The molecule has 1 amide bonds. The van der Waals surface area contributed by atoms with E-state index in [1.165, 1.54) is 17.7 Å². The Kier molecular flexibility index (Phi) is 10.7. The number of carbonyl (C=O) groups excluding carboxylic acids is 1. The van der Waals surface area contributed by atoms with Crippen LogP contribution in [0.25, 0.3) is 0 Å². The van der Waals surface area contributed by atoms with Gasteiger partial charge in [-0.05, 0) is 55.0 Å². The number of carbonyl (C=O) groups is 1. The summed E-state index contributed by atoms with van der Waals surface area (Å²) in [7, 11) is 2.15. The molecule has 0 radical (unpaired) electrons. The van der Waals surface area contributed by atoms with E-state index in [9.17, 15) is 9.18 Å². The number of unbranched alkanes of at least 4 members (excludes halogenated alkanes) is 2. The summed E-state index contributed by atoms with van der Waals surface area (Å²) in [5.74, 6) is 0.837. The Morgan fingerprint density at radius 3 is 2.29 bits per heavy atom. The maximum Gasteiger partial charge on any atom is 0.220 e. The van der Waals surface area contributed by atoms with Crippen LogP contribution >= 0.6 is 0 Å². The van der Waals surface area contributed by atoms with Crippen LogP contribution in [-0.2, 0) is 11.3 Å². The fourth-order valence-electron chi connectivity index (χ4n) is 4.13. The lowest BCUT2D eigenvalue weighted by atomic mass is 9.95. The summed E-state index contributed by atoms with van der Waals surface area (Å²) in [6, 6.07) is 17.6. The number of hydrogen-bond acceptors (Lipinski definition) is 2. The highest BCUT2D eigenvalue weighted by molar-refractivity contribution is 5.75. The number of benzene rings is 2. The number of hydrogen-bond donors (Lipinski definition) is 1. The Balaban J connectivity index is 1.64. The van der Waals surface area contributed by atoms with Crippen LogP contribution in [0.1, 0.15) is 69.9 Å². The van der Waals surface area contributed by atoms with Crippen molar-refractivity contribution in [1.29, 1.82) is 0 Å². The quantitative estimate of drug-likeness (QED) is 0.390. The molecule has 3 nitrogen and oxygen atoms in total. The van der Waals surface area contributed by atoms with Crippen LogP contribution in [0.5, 0.6) is 0 Å². The third-order valence-electron chi connectivity index (χ3n) is 6.06. The molecule has 170 valence electrons. The SMILES string of the molecule is CC(CNC(=O)CCCCCC(C(C)C)N(C)Cc1ccc(F)cc1)c1ccccc1. The average Bonchev–Trinajstić information content (AvgIpc) is 2.76. The van der Waals surface area contributed by atoms with E-state index in [0.29, 0.717) is 30.8 Å². The topological polar surface area (TPSA) is 32.3 Å². The highest BCUT2D eigenvalue weighted by Crippen LogP contribution is 2.20. The average molecular weight is 427 g/mol. The van der Waals surface area contributed by atoms with Gasteiger partial charge in [0, 0.05) is 25.6 Å². The van der Waals surface area contributed by atoms with Gasteiger partial charge in [-0.1, -0.05) is 76.1 Å². The van der Waals surface area contributed by atoms with E-state index < -0.39 is 0 Å². The zero-order valence-electron chi connectivity index (χ0n) is 19.6. The molecule has 0 fully saturated rings. The first-order valence-corrected chi connectivity index (χ1v) is 11.6. The Morgan fingerprint density at radius 2 is 1.65 bits per heavy atom. The van der Waals surface area contributed by atoms with Gasteiger partial charge in [-0.2, -0.15) is 0 Å². The monoisotopic (exact) mass is 426 g/mol. The Bertz CT molecular complexity index is 761. The lowest BCUT2D eigenvalue weighted by Gasteiger charge is -2.31. The second-order valence-electron chi connectivity index (χ2n) is 9.07. The molecule has 0 aliphatic heterocycles. The van der Waals surface area contributed by atoms with Gasteiger partial charge in [0.2, 0.25) is 5.91 Å². The van der Waals surface area contributed by atoms with E-state index in [1.807, 2.05) is 30.3 Å². The molecule has 0 aliphatic rings. The zero-order chi connectivity index (χ0) is 22.6. The lowest BCUT2D eigenvalue weighted by Crippen LogP contribution is -2.35. The molecule has 0 saturated carbocycles. The van der Waals surface area contributed by atoms with Gasteiger partial charge < -0.3 is 5.32 Å². The van der Waals surface area contributed by atoms with Gasteiger partial charge in [0.25, 0.3) is 0 Å². The maximum absolute atomic E-state index is 13.1. The molecular formula is C27H39FN2O. The third-order valence-corrected chi connectivity index (χ3v) is 6.06. The second-order valence-corrected chi connectivity index (χ2v) is 9.07. The lowest BCUT2D eigenvalue weighted by molar-refractivity contribution is -0.121. The molecule has 31 heavy (non-hydrogen) atoms.